The second-order valence-corrected chi connectivity index (χ2v) is 16.9. The number of hydrogen-bond acceptors (Lipinski definition) is 8. The Labute approximate surface area is 341 Å². The smallest absolute Gasteiger partial charge is 0.249 e. The second-order valence-electron chi connectivity index (χ2n) is 16.5. The topological polar surface area (TPSA) is 120 Å². The lowest BCUT2D eigenvalue weighted by atomic mass is 9.84. The molecule has 4 heterocycles. The van der Waals surface area contributed by atoms with Gasteiger partial charge in [-0.05, 0) is 124 Å². The molecule has 57 heavy (non-hydrogen) atoms. The number of aromatic nitrogens is 2. The number of nitrogens with one attached hydrogen (secondary N) is 3. The van der Waals surface area contributed by atoms with Crippen LogP contribution in [0.5, 0.6) is 0 Å². The molecule has 4 aromatic rings. The molecule has 1 aromatic heterocycles. The summed E-state index contributed by atoms with van der Waals surface area (Å²) >= 11 is 6.63. The van der Waals surface area contributed by atoms with Gasteiger partial charge in [0.1, 0.15) is 6.04 Å². The summed E-state index contributed by atoms with van der Waals surface area (Å²) in [6, 6.07) is 26.8. The number of likely N-dealkylation sites (tertiary alicyclic amines) is 2. The fourth-order valence-electron chi connectivity index (χ4n) is 9.28. The van der Waals surface area contributed by atoms with E-state index in [4.69, 9.17) is 16.6 Å². The van der Waals surface area contributed by atoms with Gasteiger partial charge in [0.15, 0.2) is 0 Å². The van der Waals surface area contributed by atoms with Gasteiger partial charge in [-0.15, -0.1) is 0 Å². The van der Waals surface area contributed by atoms with E-state index in [0.29, 0.717) is 47.2 Å². The average molecular weight is 788 g/mol. The van der Waals surface area contributed by atoms with Crippen LogP contribution in [0.15, 0.2) is 85.1 Å². The molecule has 3 N–H and O–H groups in total. The van der Waals surface area contributed by atoms with Gasteiger partial charge in [-0.1, -0.05) is 78.7 Å². The van der Waals surface area contributed by atoms with E-state index in [1.165, 1.54) is 12.0 Å². The minimum atomic E-state index is -0.361. The summed E-state index contributed by atoms with van der Waals surface area (Å²) in [6.45, 7) is 5.07. The van der Waals surface area contributed by atoms with Crippen LogP contribution in [0.4, 0.5) is 11.6 Å². The van der Waals surface area contributed by atoms with Crippen molar-refractivity contribution in [3.05, 3.63) is 95.6 Å². The van der Waals surface area contributed by atoms with Crippen molar-refractivity contribution < 1.29 is 14.4 Å². The number of anilines is 2. The molecule has 11 heteroatoms. The summed E-state index contributed by atoms with van der Waals surface area (Å²) in [5.74, 6) is 1.68. The summed E-state index contributed by atoms with van der Waals surface area (Å²) in [4.78, 5) is 51.5. The molecule has 3 atom stereocenters. The molecule has 10 nitrogen and oxygen atoms in total. The first-order valence-corrected chi connectivity index (χ1v) is 21.4. The van der Waals surface area contributed by atoms with Gasteiger partial charge in [0, 0.05) is 42.7 Å². The van der Waals surface area contributed by atoms with Crippen LogP contribution in [-0.4, -0.2) is 82.3 Å². The van der Waals surface area contributed by atoms with E-state index >= 15 is 0 Å². The van der Waals surface area contributed by atoms with Gasteiger partial charge in [-0.25, -0.2) is 9.97 Å². The van der Waals surface area contributed by atoms with Crippen LogP contribution in [0.2, 0.25) is 5.02 Å². The number of rotatable bonds is 11. The number of imide groups is 1. The van der Waals surface area contributed by atoms with Gasteiger partial charge < -0.3 is 20.4 Å². The van der Waals surface area contributed by atoms with Crippen molar-refractivity contribution in [1.29, 1.82) is 0 Å². The van der Waals surface area contributed by atoms with Crippen LogP contribution in [-0.2, 0) is 14.4 Å². The number of carbonyl (C=O) groups is 3. The van der Waals surface area contributed by atoms with E-state index in [1.807, 2.05) is 30.3 Å². The molecule has 1 aliphatic carbocycles. The summed E-state index contributed by atoms with van der Waals surface area (Å²) in [7, 11) is 0. The summed E-state index contributed by atoms with van der Waals surface area (Å²) < 4.78 is 0. The van der Waals surface area contributed by atoms with Crippen molar-refractivity contribution in [2.45, 2.75) is 88.6 Å². The highest BCUT2D eigenvalue weighted by Gasteiger charge is 2.33. The molecule has 0 bridgehead atoms. The number of hydrogen-bond donors (Lipinski definition) is 3. The van der Waals surface area contributed by atoms with Gasteiger partial charge >= 0.3 is 0 Å². The van der Waals surface area contributed by atoms with Crippen LogP contribution in [0.3, 0.4) is 0 Å². The molecule has 0 spiro atoms. The summed E-state index contributed by atoms with van der Waals surface area (Å²) in [6.07, 6.45) is 12.0. The zero-order valence-corrected chi connectivity index (χ0v) is 33.4. The largest absolute Gasteiger partial charge is 0.374 e. The van der Waals surface area contributed by atoms with Crippen LogP contribution < -0.4 is 16.0 Å². The Kier molecular flexibility index (Phi) is 12.5. The molecule has 8 rings (SSSR count). The van der Waals surface area contributed by atoms with E-state index < -0.39 is 0 Å². The third-order valence-electron chi connectivity index (χ3n) is 12.7. The number of amides is 3. The minimum absolute atomic E-state index is 0.0289. The first-order chi connectivity index (χ1) is 27.8. The Morgan fingerprint density at radius 3 is 2.33 bits per heavy atom. The number of piperidine rings is 3. The highest BCUT2D eigenvalue weighted by molar-refractivity contribution is 6.32. The van der Waals surface area contributed by atoms with Crippen LogP contribution in [0, 0.1) is 11.8 Å². The second kappa shape index (κ2) is 18.2. The van der Waals surface area contributed by atoms with Crippen molar-refractivity contribution in [2.24, 2.45) is 11.8 Å². The number of carbonyl (C=O) groups excluding carboxylic acids is 3. The molecule has 1 saturated carbocycles. The fourth-order valence-corrected chi connectivity index (χ4v) is 9.48. The van der Waals surface area contributed by atoms with Crippen molar-refractivity contribution in [2.75, 3.05) is 43.4 Å². The Morgan fingerprint density at radius 1 is 0.807 bits per heavy atom. The van der Waals surface area contributed by atoms with Crippen molar-refractivity contribution in [3.63, 3.8) is 0 Å². The zero-order valence-electron chi connectivity index (χ0n) is 32.7. The van der Waals surface area contributed by atoms with E-state index in [2.05, 4.69) is 79.3 Å². The first kappa shape index (κ1) is 39.0. The maximum Gasteiger partial charge on any atom is 0.249 e. The lowest BCUT2D eigenvalue weighted by molar-refractivity contribution is -0.138. The van der Waals surface area contributed by atoms with Gasteiger partial charge in [-0.3, -0.25) is 19.7 Å². The third-order valence-corrected chi connectivity index (χ3v) is 13.0. The molecule has 0 radical (unpaired) electrons. The normalized spacial score (nSPS) is 22.5. The predicted octanol–water partition coefficient (Wildman–Crippen LogP) is 8.16. The Balaban J connectivity index is 0.758. The Bertz CT molecular complexity index is 2010. The number of halogens is 1. The monoisotopic (exact) mass is 787 g/mol. The van der Waals surface area contributed by atoms with Crippen molar-refractivity contribution in [1.82, 2.24) is 25.1 Å². The predicted molar refractivity (Wildman–Crippen MR) is 226 cm³/mol. The third kappa shape index (κ3) is 9.84. The molecular formula is C46H54ClN7O3. The molecule has 3 amide bonds. The molecule has 3 saturated heterocycles. The molecular weight excluding hydrogens is 734 g/mol. The standard InChI is InChI=1S/C46H54ClN7O3/c47-40-30-48-46(52-43(40)36-9-4-8-35(28-36)32-6-2-1-3-7-32)50-39-11-5-10-37(29-39)45(57)54-26-19-31(20-27-54)18-23-53-24-21-34(22-25-53)33-12-14-38(15-13-33)49-41-16-17-42(55)51-44(41)56/h1-4,6-9,12-15,28,30-31,34,37,39,41,49H,5,10-11,16-27,29H2,(H,48,50,52)(H,51,55,56)/t37-,39+,41?/m0/s1. The quantitative estimate of drug-likeness (QED) is 0.130. The van der Waals surface area contributed by atoms with E-state index in [1.54, 1.807) is 6.20 Å². The minimum Gasteiger partial charge on any atom is -0.374 e. The Hall–Kier alpha value is -4.80. The highest BCUT2D eigenvalue weighted by Crippen LogP contribution is 2.34. The maximum absolute atomic E-state index is 13.8. The van der Waals surface area contributed by atoms with Crippen LogP contribution in [0.1, 0.15) is 82.1 Å². The molecule has 4 fully saturated rings. The molecule has 3 aliphatic heterocycles. The molecule has 4 aliphatic rings. The van der Waals surface area contributed by atoms with Crippen molar-refractivity contribution >= 4 is 41.0 Å². The lowest BCUT2D eigenvalue weighted by Gasteiger charge is -2.38. The van der Waals surface area contributed by atoms with Gasteiger partial charge in [-0.2, -0.15) is 0 Å². The zero-order chi connectivity index (χ0) is 39.1. The van der Waals surface area contributed by atoms with Gasteiger partial charge in [0.05, 0.1) is 16.9 Å². The van der Waals surface area contributed by atoms with Gasteiger partial charge in [0.25, 0.3) is 0 Å². The van der Waals surface area contributed by atoms with Crippen LogP contribution in [0.25, 0.3) is 22.4 Å². The van der Waals surface area contributed by atoms with E-state index in [-0.39, 0.29) is 29.8 Å². The van der Waals surface area contributed by atoms with Crippen molar-refractivity contribution in [3.8, 4) is 22.4 Å². The van der Waals surface area contributed by atoms with Gasteiger partial charge in [0.2, 0.25) is 23.7 Å². The lowest BCUT2D eigenvalue weighted by Crippen LogP contribution is -2.47. The molecule has 3 aromatic carbocycles. The SMILES string of the molecule is O=C1CCC(Nc2ccc(C3CCN(CCC4CCN(C(=O)[C@H]5CCC[C@@H](Nc6ncc(Cl)c(-c7cccc(-c8ccccc8)c7)n6)C5)CC4)CC3)cc2)C(=O)N1. The Morgan fingerprint density at radius 2 is 1.56 bits per heavy atom. The average Bonchev–Trinajstić information content (AvgIpc) is 3.25. The first-order valence-electron chi connectivity index (χ1n) is 21.0. The fraction of sp³-hybridized carbons (Fsp3) is 0.457. The molecule has 1 unspecified atom stereocenters. The highest BCUT2D eigenvalue weighted by atomic mass is 35.5. The number of benzene rings is 3. The van der Waals surface area contributed by atoms with Crippen LogP contribution >= 0.6 is 11.6 Å². The molecule has 298 valence electrons. The summed E-state index contributed by atoms with van der Waals surface area (Å²) in [5, 5.41) is 9.76. The van der Waals surface area contributed by atoms with E-state index in [0.717, 1.165) is 106 Å². The summed E-state index contributed by atoms with van der Waals surface area (Å²) in [5.41, 5.74) is 6.16. The number of nitrogens with zero attached hydrogens (tertiary/aromatic N) is 4. The van der Waals surface area contributed by atoms with E-state index in [9.17, 15) is 14.4 Å². The maximum atomic E-state index is 13.8.